The van der Waals surface area contributed by atoms with Crippen LogP contribution >= 0.6 is 0 Å². The van der Waals surface area contributed by atoms with Gasteiger partial charge in [0.25, 0.3) is 0 Å². The molecule has 0 aliphatic carbocycles. The van der Waals surface area contributed by atoms with E-state index in [4.69, 9.17) is 9.72 Å². The van der Waals surface area contributed by atoms with E-state index in [0.29, 0.717) is 0 Å². The first kappa shape index (κ1) is 14.6. The minimum atomic E-state index is 0.939. The zero-order valence-electron chi connectivity index (χ0n) is 13.6. The van der Waals surface area contributed by atoms with Crippen molar-refractivity contribution in [2.24, 2.45) is 0 Å². The Bertz CT molecular complexity index is 836. The van der Waals surface area contributed by atoms with Crippen molar-refractivity contribution in [3.05, 3.63) is 59.2 Å². The zero-order valence-corrected chi connectivity index (χ0v) is 13.6. The molecule has 3 rings (SSSR count). The van der Waals surface area contributed by atoms with Gasteiger partial charge in [-0.15, -0.1) is 0 Å². The molecule has 0 aliphatic heterocycles. The van der Waals surface area contributed by atoms with Gasteiger partial charge in [0.05, 0.1) is 18.3 Å². The highest BCUT2D eigenvalue weighted by Gasteiger charge is 2.09. The van der Waals surface area contributed by atoms with Crippen LogP contribution in [0.1, 0.15) is 23.6 Å². The molecular weight excluding hydrogens is 270 g/mol. The lowest BCUT2D eigenvalue weighted by Gasteiger charge is -2.11. The molecule has 0 bridgehead atoms. The van der Waals surface area contributed by atoms with Crippen LogP contribution in [0.25, 0.3) is 22.2 Å². The quantitative estimate of drug-likeness (QED) is 0.670. The minimum Gasteiger partial charge on any atom is -0.496 e. The van der Waals surface area contributed by atoms with Crippen molar-refractivity contribution in [3.63, 3.8) is 0 Å². The van der Waals surface area contributed by atoms with Crippen LogP contribution in [0.2, 0.25) is 0 Å². The highest BCUT2D eigenvalue weighted by Crippen LogP contribution is 2.29. The fourth-order valence-electron chi connectivity index (χ4n) is 2.84. The van der Waals surface area contributed by atoms with Gasteiger partial charge < -0.3 is 4.74 Å². The summed E-state index contributed by atoms with van der Waals surface area (Å²) in [5.41, 5.74) is 7.04. The molecule has 22 heavy (non-hydrogen) atoms. The van der Waals surface area contributed by atoms with Gasteiger partial charge in [-0.25, -0.2) is 4.98 Å². The smallest absolute Gasteiger partial charge is 0.122 e. The topological polar surface area (TPSA) is 22.1 Å². The molecule has 0 radical (unpaired) electrons. The number of methoxy groups -OCH3 is 1. The molecular formula is C20H21NO. The van der Waals surface area contributed by atoms with Crippen LogP contribution in [-0.2, 0) is 6.42 Å². The van der Waals surface area contributed by atoms with E-state index < -0.39 is 0 Å². The van der Waals surface area contributed by atoms with Crippen LogP contribution in [0.3, 0.4) is 0 Å². The first-order valence-electron chi connectivity index (χ1n) is 7.68. The normalized spacial score (nSPS) is 10.9. The van der Waals surface area contributed by atoms with Gasteiger partial charge >= 0.3 is 0 Å². The van der Waals surface area contributed by atoms with Crippen LogP contribution in [-0.4, -0.2) is 12.1 Å². The van der Waals surface area contributed by atoms with Gasteiger partial charge in [0.2, 0.25) is 0 Å². The highest BCUT2D eigenvalue weighted by atomic mass is 16.5. The maximum Gasteiger partial charge on any atom is 0.122 e. The van der Waals surface area contributed by atoms with Crippen LogP contribution in [0.15, 0.2) is 42.5 Å². The second kappa shape index (κ2) is 5.80. The van der Waals surface area contributed by atoms with E-state index in [1.165, 1.54) is 22.3 Å². The van der Waals surface area contributed by atoms with Gasteiger partial charge in [-0.05, 0) is 55.2 Å². The third kappa shape index (κ3) is 2.45. The molecule has 2 nitrogen and oxygen atoms in total. The molecule has 0 amide bonds. The number of nitrogens with zero attached hydrogens (tertiary/aromatic N) is 1. The predicted octanol–water partition coefficient (Wildman–Crippen LogP) is 5.09. The molecule has 2 heteroatoms. The third-order valence-corrected chi connectivity index (χ3v) is 4.35. The van der Waals surface area contributed by atoms with Gasteiger partial charge in [0.1, 0.15) is 5.75 Å². The van der Waals surface area contributed by atoms with E-state index in [2.05, 4.69) is 63.2 Å². The summed E-state index contributed by atoms with van der Waals surface area (Å²) in [5.74, 6) is 0.941. The highest BCUT2D eigenvalue weighted by molar-refractivity contribution is 5.84. The molecule has 0 fully saturated rings. The number of fused-ring (bicyclic) bond motifs is 1. The Morgan fingerprint density at radius 2 is 1.86 bits per heavy atom. The van der Waals surface area contributed by atoms with Crippen LogP contribution < -0.4 is 4.74 Å². The molecule has 0 N–H and O–H groups in total. The van der Waals surface area contributed by atoms with Crippen molar-refractivity contribution in [2.45, 2.75) is 27.2 Å². The fourth-order valence-corrected chi connectivity index (χ4v) is 2.84. The number of rotatable bonds is 3. The molecule has 0 unspecified atom stereocenters. The van der Waals surface area contributed by atoms with E-state index in [1.807, 2.05) is 0 Å². The standard InChI is InChI=1S/C20H21NO/c1-5-15-11-19-16(12-20(15)22-4)9-10-18(21-19)17-8-6-7-13(2)14(17)3/h6-12H,5H2,1-4H3. The monoisotopic (exact) mass is 291 g/mol. The second-order valence-electron chi connectivity index (χ2n) is 5.65. The van der Waals surface area contributed by atoms with Gasteiger partial charge in [-0.1, -0.05) is 31.2 Å². The van der Waals surface area contributed by atoms with Crippen LogP contribution in [0.4, 0.5) is 0 Å². The van der Waals surface area contributed by atoms with Crippen LogP contribution in [0.5, 0.6) is 5.75 Å². The molecule has 3 aromatic rings. The summed E-state index contributed by atoms with van der Waals surface area (Å²) >= 11 is 0. The summed E-state index contributed by atoms with van der Waals surface area (Å²) in [7, 11) is 1.72. The van der Waals surface area contributed by atoms with Crippen LogP contribution in [0, 0.1) is 13.8 Å². The van der Waals surface area contributed by atoms with Crippen molar-refractivity contribution in [1.29, 1.82) is 0 Å². The summed E-state index contributed by atoms with van der Waals surface area (Å²) in [6.45, 7) is 6.43. The second-order valence-corrected chi connectivity index (χ2v) is 5.65. The molecule has 0 saturated carbocycles. The average molecular weight is 291 g/mol. The first-order valence-corrected chi connectivity index (χ1v) is 7.68. The van der Waals surface area contributed by atoms with Crippen molar-refractivity contribution in [3.8, 4) is 17.0 Å². The van der Waals surface area contributed by atoms with E-state index in [1.54, 1.807) is 7.11 Å². The SMILES string of the molecule is CCc1cc2nc(-c3cccc(C)c3C)ccc2cc1OC. The number of ether oxygens (including phenoxy) is 1. The fraction of sp³-hybridized carbons (Fsp3) is 0.250. The molecule has 2 aromatic carbocycles. The van der Waals surface area contributed by atoms with Crippen molar-refractivity contribution >= 4 is 10.9 Å². The maximum atomic E-state index is 5.47. The number of pyridine rings is 1. The summed E-state index contributed by atoms with van der Waals surface area (Å²) < 4.78 is 5.47. The lowest BCUT2D eigenvalue weighted by atomic mass is 9.99. The van der Waals surface area contributed by atoms with Gasteiger partial charge in [-0.2, -0.15) is 0 Å². The first-order chi connectivity index (χ1) is 10.6. The Kier molecular flexibility index (Phi) is 3.84. The summed E-state index contributed by atoms with van der Waals surface area (Å²) in [5, 5.41) is 1.11. The molecule has 0 saturated heterocycles. The van der Waals surface area contributed by atoms with Crippen molar-refractivity contribution < 1.29 is 4.74 Å². The molecule has 112 valence electrons. The van der Waals surface area contributed by atoms with Gasteiger partial charge in [-0.3, -0.25) is 0 Å². The van der Waals surface area contributed by atoms with Gasteiger partial charge in [0.15, 0.2) is 0 Å². The third-order valence-electron chi connectivity index (χ3n) is 4.35. The van der Waals surface area contributed by atoms with E-state index in [9.17, 15) is 0 Å². The number of benzene rings is 2. The molecule has 0 atom stereocenters. The Morgan fingerprint density at radius 1 is 1.05 bits per heavy atom. The molecule has 0 spiro atoms. The summed E-state index contributed by atoms with van der Waals surface area (Å²) in [6, 6.07) is 14.8. The number of aryl methyl sites for hydroxylation is 2. The average Bonchev–Trinajstić information content (AvgIpc) is 2.55. The predicted molar refractivity (Wildman–Crippen MR) is 92.6 cm³/mol. The number of hydrogen-bond acceptors (Lipinski definition) is 2. The lowest BCUT2D eigenvalue weighted by Crippen LogP contribution is -1.94. The maximum absolute atomic E-state index is 5.47. The molecule has 1 heterocycles. The summed E-state index contributed by atoms with van der Waals surface area (Å²) in [6.07, 6.45) is 0.939. The Hall–Kier alpha value is -2.35. The van der Waals surface area contributed by atoms with E-state index >= 15 is 0 Å². The largest absolute Gasteiger partial charge is 0.496 e. The molecule has 0 aliphatic rings. The van der Waals surface area contributed by atoms with Crippen molar-refractivity contribution in [2.75, 3.05) is 7.11 Å². The van der Waals surface area contributed by atoms with Gasteiger partial charge in [0, 0.05) is 10.9 Å². The minimum absolute atomic E-state index is 0.939. The Morgan fingerprint density at radius 3 is 2.59 bits per heavy atom. The summed E-state index contributed by atoms with van der Waals surface area (Å²) in [4.78, 5) is 4.88. The zero-order chi connectivity index (χ0) is 15.7. The van der Waals surface area contributed by atoms with Crippen molar-refractivity contribution in [1.82, 2.24) is 4.98 Å². The van der Waals surface area contributed by atoms with E-state index in [0.717, 1.165) is 28.8 Å². The molecule has 1 aromatic heterocycles. The number of aromatic nitrogens is 1. The lowest BCUT2D eigenvalue weighted by molar-refractivity contribution is 0.411. The number of hydrogen-bond donors (Lipinski definition) is 0. The Labute approximate surface area is 131 Å². The van der Waals surface area contributed by atoms with E-state index in [-0.39, 0.29) is 0 Å². The Balaban J connectivity index is 2.19.